The lowest BCUT2D eigenvalue weighted by molar-refractivity contribution is 0.0916. The minimum Gasteiger partial charge on any atom is -0.394 e. The van der Waals surface area contributed by atoms with E-state index >= 15 is 0 Å². The smallest absolute Gasteiger partial charge is 0.251 e. The van der Waals surface area contributed by atoms with Gasteiger partial charge in [0.2, 0.25) is 0 Å². The quantitative estimate of drug-likeness (QED) is 0.887. The summed E-state index contributed by atoms with van der Waals surface area (Å²) in [7, 11) is 0. The molecule has 2 rings (SSSR count). The molecule has 110 valence electrons. The summed E-state index contributed by atoms with van der Waals surface area (Å²) in [5.41, 5.74) is 2.03. The predicted octanol–water partition coefficient (Wildman–Crippen LogP) is 2.47. The molecular weight excluding hydrogens is 269 g/mol. The molecule has 0 aromatic heterocycles. The fraction of sp³-hybridized carbons (Fsp3) is 0.235. The zero-order valence-electron chi connectivity index (χ0n) is 11.8. The van der Waals surface area contributed by atoms with Crippen molar-refractivity contribution in [1.29, 1.82) is 0 Å². The van der Waals surface area contributed by atoms with E-state index < -0.39 is 0 Å². The minimum atomic E-state index is -0.371. The molecule has 21 heavy (non-hydrogen) atoms. The Hall–Kier alpha value is -2.20. The highest BCUT2D eigenvalue weighted by Gasteiger charge is 2.15. The first-order valence-electron chi connectivity index (χ1n) is 6.82. The van der Waals surface area contributed by atoms with Gasteiger partial charge in [0.05, 0.1) is 12.6 Å². The van der Waals surface area contributed by atoms with E-state index in [1.165, 1.54) is 18.2 Å². The third kappa shape index (κ3) is 4.13. The SMILES string of the molecule is Cc1cc(F)ccc1C(=O)N[C@H](CO)Cc1ccccc1. The first kappa shape index (κ1) is 15.2. The van der Waals surface area contributed by atoms with E-state index in [1.807, 2.05) is 30.3 Å². The molecule has 2 aromatic rings. The van der Waals surface area contributed by atoms with Crippen LogP contribution in [0.5, 0.6) is 0 Å². The summed E-state index contributed by atoms with van der Waals surface area (Å²) in [6, 6.07) is 13.3. The zero-order valence-corrected chi connectivity index (χ0v) is 11.8. The summed E-state index contributed by atoms with van der Waals surface area (Å²) >= 11 is 0. The first-order valence-corrected chi connectivity index (χ1v) is 6.82. The Morgan fingerprint density at radius 2 is 1.95 bits per heavy atom. The zero-order chi connectivity index (χ0) is 15.2. The number of hydrogen-bond donors (Lipinski definition) is 2. The number of aliphatic hydroxyl groups excluding tert-OH is 1. The van der Waals surface area contributed by atoms with Crippen molar-refractivity contribution in [2.75, 3.05) is 6.61 Å². The molecule has 0 radical (unpaired) electrons. The maximum atomic E-state index is 13.1. The number of aliphatic hydroxyl groups is 1. The van der Waals surface area contributed by atoms with Crippen LogP contribution in [0.25, 0.3) is 0 Å². The fourth-order valence-corrected chi connectivity index (χ4v) is 2.20. The molecule has 0 bridgehead atoms. The number of carbonyl (C=O) groups excluding carboxylic acids is 1. The maximum Gasteiger partial charge on any atom is 0.251 e. The van der Waals surface area contributed by atoms with E-state index in [4.69, 9.17) is 0 Å². The third-order valence-electron chi connectivity index (χ3n) is 3.31. The van der Waals surface area contributed by atoms with Crippen LogP contribution in [0.2, 0.25) is 0 Å². The molecule has 3 nitrogen and oxygen atoms in total. The highest BCUT2D eigenvalue weighted by molar-refractivity contribution is 5.95. The molecule has 0 aliphatic heterocycles. The summed E-state index contributed by atoms with van der Waals surface area (Å²) in [5, 5.41) is 12.2. The Morgan fingerprint density at radius 3 is 2.57 bits per heavy atom. The van der Waals surface area contributed by atoms with Crippen LogP contribution in [0.1, 0.15) is 21.5 Å². The van der Waals surface area contributed by atoms with Gasteiger partial charge in [-0.25, -0.2) is 4.39 Å². The molecule has 2 N–H and O–H groups in total. The monoisotopic (exact) mass is 287 g/mol. The first-order chi connectivity index (χ1) is 10.1. The van der Waals surface area contributed by atoms with Crippen molar-refractivity contribution >= 4 is 5.91 Å². The van der Waals surface area contributed by atoms with Gasteiger partial charge in [0.15, 0.2) is 0 Å². The van der Waals surface area contributed by atoms with E-state index in [-0.39, 0.29) is 24.4 Å². The Labute approximate surface area is 123 Å². The average Bonchev–Trinajstić information content (AvgIpc) is 2.47. The molecule has 0 heterocycles. The van der Waals surface area contributed by atoms with Crippen molar-refractivity contribution in [2.45, 2.75) is 19.4 Å². The maximum absolute atomic E-state index is 13.1. The molecule has 2 aromatic carbocycles. The van der Waals surface area contributed by atoms with Gasteiger partial charge in [-0.15, -0.1) is 0 Å². The van der Waals surface area contributed by atoms with E-state index in [2.05, 4.69) is 5.32 Å². The van der Waals surface area contributed by atoms with Crippen molar-refractivity contribution in [2.24, 2.45) is 0 Å². The van der Waals surface area contributed by atoms with Crippen LogP contribution in [0.4, 0.5) is 4.39 Å². The largest absolute Gasteiger partial charge is 0.394 e. The van der Waals surface area contributed by atoms with Crippen LogP contribution in [-0.4, -0.2) is 23.7 Å². The topological polar surface area (TPSA) is 49.3 Å². The van der Waals surface area contributed by atoms with Crippen molar-refractivity contribution in [3.63, 3.8) is 0 Å². The van der Waals surface area contributed by atoms with Gasteiger partial charge in [0.25, 0.3) is 5.91 Å². The number of carbonyl (C=O) groups is 1. The lowest BCUT2D eigenvalue weighted by atomic mass is 10.0. The van der Waals surface area contributed by atoms with E-state index in [0.717, 1.165) is 5.56 Å². The van der Waals surface area contributed by atoms with Crippen LogP contribution in [0.3, 0.4) is 0 Å². The van der Waals surface area contributed by atoms with Crippen LogP contribution in [0.15, 0.2) is 48.5 Å². The van der Waals surface area contributed by atoms with Crippen molar-refractivity contribution in [3.05, 3.63) is 71.0 Å². The number of benzene rings is 2. The van der Waals surface area contributed by atoms with Gasteiger partial charge >= 0.3 is 0 Å². The van der Waals surface area contributed by atoms with Crippen LogP contribution in [-0.2, 0) is 6.42 Å². The van der Waals surface area contributed by atoms with Gasteiger partial charge in [-0.2, -0.15) is 0 Å². The van der Waals surface area contributed by atoms with Crippen LogP contribution >= 0.6 is 0 Å². The molecule has 1 atom stereocenters. The van der Waals surface area contributed by atoms with Gasteiger partial charge in [-0.05, 0) is 42.7 Å². The number of amides is 1. The molecule has 0 spiro atoms. The number of rotatable bonds is 5. The normalized spacial score (nSPS) is 12.0. The summed E-state index contributed by atoms with van der Waals surface area (Å²) in [6.45, 7) is 1.53. The van der Waals surface area contributed by atoms with Gasteiger partial charge < -0.3 is 10.4 Å². The predicted molar refractivity (Wildman–Crippen MR) is 79.6 cm³/mol. The fourth-order valence-electron chi connectivity index (χ4n) is 2.20. The molecule has 4 heteroatoms. The van der Waals surface area contributed by atoms with Crippen molar-refractivity contribution in [3.8, 4) is 0 Å². The molecule has 0 aliphatic carbocycles. The average molecular weight is 287 g/mol. The molecule has 1 amide bonds. The lowest BCUT2D eigenvalue weighted by Crippen LogP contribution is -2.39. The molecule has 0 aliphatic rings. The second-order valence-corrected chi connectivity index (χ2v) is 5.00. The Morgan fingerprint density at radius 1 is 1.24 bits per heavy atom. The molecule has 0 saturated heterocycles. The minimum absolute atomic E-state index is 0.152. The van der Waals surface area contributed by atoms with E-state index in [0.29, 0.717) is 17.5 Å². The lowest BCUT2D eigenvalue weighted by Gasteiger charge is -2.17. The van der Waals surface area contributed by atoms with Gasteiger partial charge in [0, 0.05) is 5.56 Å². The Kier molecular flexibility index (Phi) is 5.06. The van der Waals surface area contributed by atoms with E-state index in [1.54, 1.807) is 6.92 Å². The number of nitrogens with one attached hydrogen (secondary N) is 1. The summed E-state index contributed by atoms with van der Waals surface area (Å²) in [5.74, 6) is -0.672. The van der Waals surface area contributed by atoms with Gasteiger partial charge in [-0.1, -0.05) is 30.3 Å². The second-order valence-electron chi connectivity index (χ2n) is 5.00. The van der Waals surface area contributed by atoms with Gasteiger partial charge in [0.1, 0.15) is 5.82 Å². The Balaban J connectivity index is 2.06. The van der Waals surface area contributed by atoms with Gasteiger partial charge in [-0.3, -0.25) is 4.79 Å². The van der Waals surface area contributed by atoms with Crippen molar-refractivity contribution < 1.29 is 14.3 Å². The number of hydrogen-bond acceptors (Lipinski definition) is 2. The summed E-state index contributed by atoms with van der Waals surface area (Å²) < 4.78 is 13.1. The summed E-state index contributed by atoms with van der Waals surface area (Å²) in [6.07, 6.45) is 0.545. The summed E-state index contributed by atoms with van der Waals surface area (Å²) in [4.78, 5) is 12.2. The molecule has 0 unspecified atom stereocenters. The second kappa shape index (κ2) is 6.99. The highest BCUT2D eigenvalue weighted by Crippen LogP contribution is 2.11. The molecular formula is C17H18FNO2. The van der Waals surface area contributed by atoms with Crippen LogP contribution in [0, 0.1) is 12.7 Å². The Bertz CT molecular complexity index is 613. The highest BCUT2D eigenvalue weighted by atomic mass is 19.1. The molecule has 0 fully saturated rings. The van der Waals surface area contributed by atoms with E-state index in [9.17, 15) is 14.3 Å². The third-order valence-corrected chi connectivity index (χ3v) is 3.31. The standard InChI is InChI=1S/C17H18FNO2/c1-12-9-14(18)7-8-16(12)17(21)19-15(11-20)10-13-5-3-2-4-6-13/h2-9,15,20H,10-11H2,1H3,(H,19,21)/t15-/m0/s1. The number of aryl methyl sites for hydroxylation is 1. The number of halogens is 1. The van der Waals surface area contributed by atoms with Crippen LogP contribution < -0.4 is 5.32 Å². The van der Waals surface area contributed by atoms with Crippen molar-refractivity contribution in [1.82, 2.24) is 5.32 Å². The molecule has 0 saturated carbocycles.